The number of rotatable bonds is 10. The van der Waals surface area contributed by atoms with E-state index in [4.69, 9.17) is 8.92 Å². The van der Waals surface area contributed by atoms with E-state index < -0.39 is 26.8 Å². The van der Waals surface area contributed by atoms with Gasteiger partial charge in [-0.1, -0.05) is 25.1 Å². The van der Waals surface area contributed by atoms with E-state index in [0.717, 1.165) is 18.2 Å². The molecule has 204 valence electrons. The monoisotopic (exact) mass is 550 g/mol. The minimum atomic E-state index is -4.70. The lowest BCUT2D eigenvalue weighted by Gasteiger charge is -2.29. The lowest BCUT2D eigenvalue weighted by Crippen LogP contribution is -2.40. The summed E-state index contributed by atoms with van der Waals surface area (Å²) in [6.07, 6.45) is -4.03. The summed E-state index contributed by atoms with van der Waals surface area (Å²) in [6.45, 7) is 6.36. The Bertz CT molecular complexity index is 1350. The topological polar surface area (TPSA) is 84.9 Å². The summed E-state index contributed by atoms with van der Waals surface area (Å²) in [4.78, 5) is 14.1. The normalized spacial score (nSPS) is 12.5. The molecule has 0 aliphatic rings. The summed E-state index contributed by atoms with van der Waals surface area (Å²) >= 11 is 0. The zero-order valence-electron chi connectivity index (χ0n) is 21.2. The highest BCUT2D eigenvalue weighted by atomic mass is 32.2. The second-order valence-electron chi connectivity index (χ2n) is 8.48. The molecule has 7 nitrogen and oxygen atoms in total. The number of nitrogens with zero attached hydrogens (tertiary/aromatic N) is 1. The van der Waals surface area contributed by atoms with Gasteiger partial charge in [-0.05, 0) is 80.4 Å². The maximum atomic E-state index is 13.1. The number of urea groups is 1. The van der Waals surface area contributed by atoms with Gasteiger partial charge in [0.1, 0.15) is 16.4 Å². The van der Waals surface area contributed by atoms with Gasteiger partial charge >= 0.3 is 22.3 Å². The van der Waals surface area contributed by atoms with Gasteiger partial charge in [-0.2, -0.15) is 21.6 Å². The summed E-state index contributed by atoms with van der Waals surface area (Å²) in [5.74, 6) is 0.595. The maximum absolute atomic E-state index is 13.1. The van der Waals surface area contributed by atoms with Gasteiger partial charge in [0.05, 0.1) is 12.2 Å². The van der Waals surface area contributed by atoms with Crippen molar-refractivity contribution in [3.8, 4) is 11.5 Å². The number of alkyl halides is 3. The van der Waals surface area contributed by atoms with E-state index in [9.17, 15) is 26.4 Å². The molecule has 0 fully saturated rings. The molecule has 0 aromatic heterocycles. The predicted molar refractivity (Wildman–Crippen MR) is 138 cm³/mol. The predicted octanol–water partition coefficient (Wildman–Crippen LogP) is 6.70. The lowest BCUT2D eigenvalue weighted by atomic mass is 10.1. The standard InChI is InChI=1S/C27H29F3N2O5S/c1-4-19(3)32(26(33)31-22-12-14-23(15-13-22)36-5-2)18-20-8-6-10-24(16-20)37-38(34,35)25-11-7-9-21(17-25)27(28,29)30/h6-17,19H,4-5,18H2,1-3H3,(H,31,33). The Labute approximate surface area is 220 Å². The van der Waals surface area contributed by atoms with Crippen LogP contribution in [0.2, 0.25) is 0 Å². The van der Waals surface area contributed by atoms with Crippen LogP contribution in [0.1, 0.15) is 38.3 Å². The first-order valence-corrected chi connectivity index (χ1v) is 13.3. The van der Waals surface area contributed by atoms with E-state index in [1.54, 1.807) is 41.3 Å². The minimum absolute atomic E-state index is 0.0871. The molecule has 0 bridgehead atoms. The Morgan fingerprint density at radius 2 is 1.66 bits per heavy atom. The molecule has 3 aromatic rings. The van der Waals surface area contributed by atoms with Crippen molar-refractivity contribution in [2.24, 2.45) is 0 Å². The Hall–Kier alpha value is -3.73. The van der Waals surface area contributed by atoms with Crippen molar-refractivity contribution < 1.29 is 35.3 Å². The molecule has 1 N–H and O–H groups in total. The van der Waals surface area contributed by atoms with E-state index in [1.807, 2.05) is 20.8 Å². The van der Waals surface area contributed by atoms with Gasteiger partial charge in [-0.15, -0.1) is 0 Å². The van der Waals surface area contributed by atoms with Crippen LogP contribution in [0.4, 0.5) is 23.7 Å². The molecule has 0 aliphatic heterocycles. The molecule has 38 heavy (non-hydrogen) atoms. The molecule has 0 spiro atoms. The van der Waals surface area contributed by atoms with Gasteiger partial charge in [-0.25, -0.2) is 4.79 Å². The molecule has 3 rings (SSSR count). The van der Waals surface area contributed by atoms with Gasteiger partial charge in [0.15, 0.2) is 0 Å². The number of anilines is 1. The van der Waals surface area contributed by atoms with Crippen molar-refractivity contribution in [1.82, 2.24) is 4.90 Å². The molecule has 2 amide bonds. The van der Waals surface area contributed by atoms with Crippen molar-refractivity contribution in [2.75, 3.05) is 11.9 Å². The maximum Gasteiger partial charge on any atom is 0.416 e. The second-order valence-corrected chi connectivity index (χ2v) is 10.0. The SMILES string of the molecule is CCOc1ccc(NC(=O)N(Cc2cccc(OS(=O)(=O)c3cccc(C(F)(F)F)c3)c2)C(C)CC)cc1. The Morgan fingerprint density at radius 1 is 0.974 bits per heavy atom. The third kappa shape index (κ3) is 7.64. The third-order valence-electron chi connectivity index (χ3n) is 5.71. The molecule has 0 radical (unpaired) electrons. The molecule has 1 unspecified atom stereocenters. The molecule has 3 aromatic carbocycles. The minimum Gasteiger partial charge on any atom is -0.494 e. The van der Waals surface area contributed by atoms with Crippen LogP contribution in [0.15, 0.2) is 77.7 Å². The van der Waals surface area contributed by atoms with E-state index in [0.29, 0.717) is 36.1 Å². The van der Waals surface area contributed by atoms with E-state index >= 15 is 0 Å². The zero-order chi connectivity index (χ0) is 27.9. The fraction of sp³-hybridized carbons (Fsp3) is 0.296. The van der Waals surface area contributed by atoms with Crippen molar-refractivity contribution >= 4 is 21.8 Å². The van der Waals surface area contributed by atoms with Crippen molar-refractivity contribution in [2.45, 2.75) is 50.9 Å². The summed E-state index contributed by atoms with van der Waals surface area (Å²) in [7, 11) is -4.53. The number of hydrogen-bond donors (Lipinski definition) is 1. The average molecular weight is 551 g/mol. The highest BCUT2D eigenvalue weighted by Crippen LogP contribution is 2.31. The molecule has 11 heteroatoms. The van der Waals surface area contributed by atoms with Crippen LogP contribution in [-0.2, 0) is 22.8 Å². The van der Waals surface area contributed by atoms with Crippen LogP contribution < -0.4 is 14.2 Å². The van der Waals surface area contributed by atoms with Crippen LogP contribution in [0.3, 0.4) is 0 Å². The first kappa shape index (κ1) is 28.8. The van der Waals surface area contributed by atoms with E-state index in [-0.39, 0.29) is 24.4 Å². The number of carbonyl (C=O) groups is 1. The molecule has 0 heterocycles. The van der Waals surface area contributed by atoms with Gasteiger partial charge in [0, 0.05) is 18.3 Å². The summed E-state index contributed by atoms with van der Waals surface area (Å²) in [5.41, 5.74) is 0.0542. The molecular formula is C27H29F3N2O5S. The number of nitrogens with one attached hydrogen (secondary N) is 1. The van der Waals surface area contributed by atoms with Crippen molar-refractivity contribution in [1.29, 1.82) is 0 Å². The highest BCUT2D eigenvalue weighted by molar-refractivity contribution is 7.87. The molecule has 0 saturated heterocycles. The second kappa shape index (κ2) is 12.2. The lowest BCUT2D eigenvalue weighted by molar-refractivity contribution is -0.137. The third-order valence-corrected chi connectivity index (χ3v) is 6.95. The smallest absolute Gasteiger partial charge is 0.416 e. The van der Waals surface area contributed by atoms with Crippen LogP contribution in [0.25, 0.3) is 0 Å². The zero-order valence-corrected chi connectivity index (χ0v) is 22.0. The van der Waals surface area contributed by atoms with Crippen LogP contribution in [0, 0.1) is 0 Å². The Kier molecular flexibility index (Phi) is 9.26. The Morgan fingerprint density at radius 3 is 2.29 bits per heavy atom. The molecule has 0 aliphatic carbocycles. The number of ether oxygens (including phenoxy) is 1. The Balaban J connectivity index is 1.77. The number of amides is 2. The summed E-state index contributed by atoms with van der Waals surface area (Å²) < 4.78 is 75.0. The summed E-state index contributed by atoms with van der Waals surface area (Å²) in [5, 5.41) is 2.85. The fourth-order valence-corrected chi connectivity index (χ4v) is 4.51. The number of benzene rings is 3. The fourth-order valence-electron chi connectivity index (χ4n) is 3.54. The number of hydrogen-bond acceptors (Lipinski definition) is 5. The van der Waals surface area contributed by atoms with Crippen LogP contribution in [0.5, 0.6) is 11.5 Å². The quantitative estimate of drug-likeness (QED) is 0.284. The van der Waals surface area contributed by atoms with Gasteiger partial charge < -0.3 is 19.1 Å². The average Bonchev–Trinajstić information content (AvgIpc) is 2.87. The van der Waals surface area contributed by atoms with Crippen molar-refractivity contribution in [3.05, 3.63) is 83.9 Å². The van der Waals surface area contributed by atoms with Crippen molar-refractivity contribution in [3.63, 3.8) is 0 Å². The van der Waals surface area contributed by atoms with Gasteiger partial charge in [-0.3, -0.25) is 0 Å². The van der Waals surface area contributed by atoms with Crippen LogP contribution >= 0.6 is 0 Å². The largest absolute Gasteiger partial charge is 0.494 e. The number of carbonyl (C=O) groups excluding carboxylic acids is 1. The molecule has 0 saturated carbocycles. The van der Waals surface area contributed by atoms with Gasteiger partial charge in [0.25, 0.3) is 0 Å². The number of halogens is 3. The molecule has 1 atom stereocenters. The van der Waals surface area contributed by atoms with E-state index in [2.05, 4.69) is 5.32 Å². The van der Waals surface area contributed by atoms with Gasteiger partial charge in [0.2, 0.25) is 0 Å². The highest BCUT2D eigenvalue weighted by Gasteiger charge is 2.32. The first-order valence-electron chi connectivity index (χ1n) is 11.9. The summed E-state index contributed by atoms with van der Waals surface area (Å²) in [6, 6.07) is 15.8. The van der Waals surface area contributed by atoms with E-state index in [1.165, 1.54) is 12.1 Å². The molecular weight excluding hydrogens is 521 g/mol. The first-order chi connectivity index (χ1) is 17.9. The van der Waals surface area contributed by atoms with Crippen LogP contribution in [-0.4, -0.2) is 32.0 Å².